The highest BCUT2D eigenvalue weighted by atomic mass is 32.2. The molecule has 0 saturated carbocycles. The molecule has 0 spiro atoms. The number of nitrogens with zero attached hydrogens (tertiary/aromatic N) is 1. The number of aromatic nitrogens is 1. The maximum Gasteiger partial charge on any atom is 0.241 e. The largest absolute Gasteiger partial charge is 0.497 e. The predicted octanol–water partition coefficient (Wildman–Crippen LogP) is 3.37. The summed E-state index contributed by atoms with van der Waals surface area (Å²) in [6, 6.07) is 11.6. The summed E-state index contributed by atoms with van der Waals surface area (Å²) in [5.41, 5.74) is 1.49. The lowest BCUT2D eigenvalue weighted by Crippen LogP contribution is -2.23. The molecule has 1 amide bonds. The molecule has 3 aromatic rings. The fraction of sp³-hybridized carbons (Fsp3) is 0.111. The molecule has 27 heavy (non-hydrogen) atoms. The van der Waals surface area contributed by atoms with Crippen LogP contribution in [0.5, 0.6) is 5.75 Å². The minimum Gasteiger partial charge on any atom is -0.497 e. The molecule has 0 atom stereocenters. The van der Waals surface area contributed by atoms with Crippen LogP contribution in [-0.2, 0) is 14.6 Å². The van der Waals surface area contributed by atoms with Crippen LogP contribution in [0.3, 0.4) is 0 Å². The van der Waals surface area contributed by atoms with Gasteiger partial charge in [0.2, 0.25) is 5.91 Å². The molecule has 140 valence electrons. The van der Waals surface area contributed by atoms with E-state index in [9.17, 15) is 17.6 Å². The number of sulfone groups is 1. The lowest BCUT2D eigenvalue weighted by atomic mass is 10.2. The highest BCUT2D eigenvalue weighted by Crippen LogP contribution is 2.26. The topological polar surface area (TPSA) is 85.4 Å². The standard InChI is InChI=1S/C18H15FN2O4S2/c1-25-14-6-2-12(3-7-14)16-10-26-18(20-16)21-17(22)11-27(23,24)15-8-4-13(19)5-9-15/h2-10H,11H2,1H3,(H,20,21,22). The van der Waals surface area contributed by atoms with Gasteiger partial charge < -0.3 is 10.1 Å². The highest BCUT2D eigenvalue weighted by Gasteiger charge is 2.20. The normalized spacial score (nSPS) is 11.2. The third-order valence-electron chi connectivity index (χ3n) is 3.63. The molecule has 0 unspecified atom stereocenters. The van der Waals surface area contributed by atoms with E-state index in [0.717, 1.165) is 29.8 Å². The Balaban J connectivity index is 1.67. The van der Waals surface area contributed by atoms with Crippen LogP contribution in [0.4, 0.5) is 9.52 Å². The van der Waals surface area contributed by atoms with Gasteiger partial charge in [0, 0.05) is 10.9 Å². The molecular weight excluding hydrogens is 391 g/mol. The van der Waals surface area contributed by atoms with Gasteiger partial charge in [0.05, 0.1) is 17.7 Å². The number of thiazole rings is 1. The fourth-order valence-electron chi connectivity index (χ4n) is 2.28. The van der Waals surface area contributed by atoms with Crippen molar-refractivity contribution in [2.45, 2.75) is 4.90 Å². The highest BCUT2D eigenvalue weighted by molar-refractivity contribution is 7.92. The lowest BCUT2D eigenvalue weighted by molar-refractivity contribution is -0.113. The zero-order chi connectivity index (χ0) is 19.4. The Labute approximate surface area is 159 Å². The zero-order valence-corrected chi connectivity index (χ0v) is 15.8. The SMILES string of the molecule is COc1ccc(-c2csc(NC(=O)CS(=O)(=O)c3ccc(F)cc3)n2)cc1. The van der Waals surface area contributed by atoms with Crippen molar-refractivity contribution in [3.8, 4) is 17.0 Å². The lowest BCUT2D eigenvalue weighted by Gasteiger charge is -2.04. The monoisotopic (exact) mass is 406 g/mol. The van der Waals surface area contributed by atoms with Gasteiger partial charge in [0.25, 0.3) is 0 Å². The molecule has 1 aromatic heterocycles. The van der Waals surface area contributed by atoms with E-state index >= 15 is 0 Å². The van der Waals surface area contributed by atoms with Gasteiger partial charge in [-0.2, -0.15) is 0 Å². The Hall–Kier alpha value is -2.78. The first-order valence-electron chi connectivity index (χ1n) is 7.75. The van der Waals surface area contributed by atoms with Crippen LogP contribution in [0.15, 0.2) is 58.8 Å². The average molecular weight is 406 g/mol. The number of benzene rings is 2. The number of ether oxygens (including phenoxy) is 1. The number of hydrogen-bond donors (Lipinski definition) is 1. The Morgan fingerprint density at radius 3 is 2.44 bits per heavy atom. The summed E-state index contributed by atoms with van der Waals surface area (Å²) in [7, 11) is -2.29. The average Bonchev–Trinajstić information content (AvgIpc) is 3.10. The Bertz CT molecular complexity index is 1050. The smallest absolute Gasteiger partial charge is 0.241 e. The summed E-state index contributed by atoms with van der Waals surface area (Å²) in [5, 5.41) is 4.53. The molecule has 0 aliphatic carbocycles. The third-order valence-corrected chi connectivity index (χ3v) is 6.02. The number of anilines is 1. The van der Waals surface area contributed by atoms with Gasteiger partial charge in [0.1, 0.15) is 17.3 Å². The van der Waals surface area contributed by atoms with Gasteiger partial charge in [-0.1, -0.05) is 0 Å². The van der Waals surface area contributed by atoms with Crippen molar-refractivity contribution in [3.63, 3.8) is 0 Å². The van der Waals surface area contributed by atoms with Crippen LogP contribution in [0, 0.1) is 5.82 Å². The van der Waals surface area contributed by atoms with Gasteiger partial charge >= 0.3 is 0 Å². The third kappa shape index (κ3) is 4.69. The second-order valence-corrected chi connectivity index (χ2v) is 8.38. The van der Waals surface area contributed by atoms with Crippen molar-refractivity contribution in [2.75, 3.05) is 18.2 Å². The van der Waals surface area contributed by atoms with Gasteiger partial charge in [-0.15, -0.1) is 11.3 Å². The minimum absolute atomic E-state index is 0.114. The second-order valence-electron chi connectivity index (χ2n) is 5.53. The van der Waals surface area contributed by atoms with Crippen LogP contribution in [0.1, 0.15) is 0 Å². The molecule has 0 radical (unpaired) electrons. The quantitative estimate of drug-likeness (QED) is 0.635. The number of halogens is 1. The van der Waals surface area contributed by atoms with Crippen LogP contribution in [-0.4, -0.2) is 32.2 Å². The van der Waals surface area contributed by atoms with Crippen molar-refractivity contribution < 1.29 is 22.3 Å². The molecule has 0 aliphatic rings. The van der Waals surface area contributed by atoms with E-state index in [1.165, 1.54) is 11.3 Å². The van der Waals surface area contributed by atoms with Crippen LogP contribution in [0.2, 0.25) is 0 Å². The van der Waals surface area contributed by atoms with Gasteiger partial charge in [-0.05, 0) is 48.5 Å². The van der Waals surface area contributed by atoms with Gasteiger partial charge in [-0.3, -0.25) is 4.79 Å². The number of methoxy groups -OCH3 is 1. The maximum atomic E-state index is 12.9. The first-order chi connectivity index (χ1) is 12.9. The Kier molecular flexibility index (Phi) is 5.52. The van der Waals surface area contributed by atoms with Crippen LogP contribution >= 0.6 is 11.3 Å². The number of hydrogen-bond acceptors (Lipinski definition) is 6. The van der Waals surface area contributed by atoms with E-state index in [2.05, 4.69) is 10.3 Å². The summed E-state index contributed by atoms with van der Waals surface area (Å²) in [4.78, 5) is 16.3. The molecule has 3 rings (SSSR count). The predicted molar refractivity (Wildman–Crippen MR) is 101 cm³/mol. The first kappa shape index (κ1) is 19.0. The number of rotatable bonds is 6. The van der Waals surface area contributed by atoms with E-state index < -0.39 is 27.3 Å². The van der Waals surface area contributed by atoms with E-state index in [1.807, 2.05) is 12.1 Å². The summed E-state index contributed by atoms with van der Waals surface area (Å²) in [6.07, 6.45) is 0. The fourth-order valence-corrected chi connectivity index (χ4v) is 4.15. The molecule has 2 aromatic carbocycles. The Morgan fingerprint density at radius 1 is 1.15 bits per heavy atom. The molecule has 0 aliphatic heterocycles. The van der Waals surface area contributed by atoms with Crippen molar-refractivity contribution in [2.24, 2.45) is 0 Å². The molecular formula is C18H15FN2O4S2. The number of nitrogens with one attached hydrogen (secondary N) is 1. The molecule has 1 heterocycles. The van der Waals surface area contributed by atoms with Crippen LogP contribution < -0.4 is 10.1 Å². The maximum absolute atomic E-state index is 12.9. The van der Waals surface area contributed by atoms with E-state index in [4.69, 9.17) is 4.74 Å². The number of carbonyl (C=O) groups is 1. The van der Waals surface area contributed by atoms with Gasteiger partial charge in [0.15, 0.2) is 15.0 Å². The Morgan fingerprint density at radius 2 is 1.81 bits per heavy atom. The molecule has 1 N–H and O–H groups in total. The molecule has 6 nitrogen and oxygen atoms in total. The van der Waals surface area contributed by atoms with Crippen molar-refractivity contribution in [3.05, 3.63) is 59.7 Å². The van der Waals surface area contributed by atoms with E-state index in [-0.39, 0.29) is 4.90 Å². The summed E-state index contributed by atoms with van der Waals surface area (Å²) in [6.45, 7) is 0. The number of carbonyl (C=O) groups excluding carboxylic acids is 1. The molecule has 9 heteroatoms. The molecule has 0 bridgehead atoms. The van der Waals surface area contributed by atoms with E-state index in [0.29, 0.717) is 16.6 Å². The summed E-state index contributed by atoms with van der Waals surface area (Å²) < 4.78 is 42.5. The van der Waals surface area contributed by atoms with Crippen LogP contribution in [0.25, 0.3) is 11.3 Å². The minimum atomic E-state index is -3.87. The first-order valence-corrected chi connectivity index (χ1v) is 10.3. The van der Waals surface area contributed by atoms with Crippen molar-refractivity contribution in [1.29, 1.82) is 0 Å². The van der Waals surface area contributed by atoms with Crippen molar-refractivity contribution in [1.82, 2.24) is 4.98 Å². The van der Waals surface area contributed by atoms with E-state index in [1.54, 1.807) is 24.6 Å². The summed E-state index contributed by atoms with van der Waals surface area (Å²) in [5.74, 6) is -1.30. The molecule has 0 fully saturated rings. The zero-order valence-electron chi connectivity index (χ0n) is 14.2. The van der Waals surface area contributed by atoms with Gasteiger partial charge in [-0.25, -0.2) is 17.8 Å². The second kappa shape index (κ2) is 7.85. The number of amides is 1. The van der Waals surface area contributed by atoms with Crippen molar-refractivity contribution >= 4 is 32.2 Å². The molecule has 0 saturated heterocycles. The summed E-state index contributed by atoms with van der Waals surface area (Å²) >= 11 is 1.19.